The van der Waals surface area contributed by atoms with Crippen molar-refractivity contribution in [3.8, 4) is 5.75 Å². The first-order valence-electron chi connectivity index (χ1n) is 8.45. The van der Waals surface area contributed by atoms with Crippen LogP contribution in [0.1, 0.15) is 58.2 Å². The van der Waals surface area contributed by atoms with Crippen LogP contribution < -0.4 is 11.1 Å². The second kappa shape index (κ2) is 6.39. The predicted molar refractivity (Wildman–Crippen MR) is 104 cm³/mol. The Balaban J connectivity index is 2.37. The van der Waals surface area contributed by atoms with Crippen LogP contribution in [0, 0.1) is 0 Å². The quantitative estimate of drug-likeness (QED) is 0.681. The van der Waals surface area contributed by atoms with Gasteiger partial charge in [-0.2, -0.15) is 0 Å². The number of nitrogens with one attached hydrogen (secondary N) is 1. The molecule has 0 aromatic heterocycles. The molecule has 0 aliphatic heterocycles. The van der Waals surface area contributed by atoms with Gasteiger partial charge in [0, 0.05) is 17.9 Å². The molecule has 0 amide bonds. The van der Waals surface area contributed by atoms with Gasteiger partial charge in [0.2, 0.25) is 0 Å². The second-order valence-electron chi connectivity index (χ2n) is 8.52. The van der Waals surface area contributed by atoms with Crippen molar-refractivity contribution in [2.24, 2.45) is 0 Å². The predicted octanol–water partition coefficient (Wildman–Crippen LogP) is 5.18. The van der Waals surface area contributed by atoms with Crippen LogP contribution in [0.2, 0.25) is 0 Å². The maximum absolute atomic E-state index is 10.8. The van der Waals surface area contributed by atoms with Crippen LogP contribution in [0.5, 0.6) is 5.75 Å². The number of rotatable bonds is 3. The van der Waals surface area contributed by atoms with Crippen LogP contribution in [0.4, 0.5) is 11.4 Å². The summed E-state index contributed by atoms with van der Waals surface area (Å²) in [7, 11) is 0. The van der Waals surface area contributed by atoms with Crippen molar-refractivity contribution in [1.82, 2.24) is 0 Å². The number of anilines is 2. The van der Waals surface area contributed by atoms with Crippen molar-refractivity contribution >= 4 is 11.4 Å². The molecule has 0 bridgehead atoms. The van der Waals surface area contributed by atoms with E-state index < -0.39 is 0 Å². The highest BCUT2D eigenvalue weighted by atomic mass is 16.3. The number of hydrogen-bond donors (Lipinski definition) is 3. The Hall–Kier alpha value is -2.16. The van der Waals surface area contributed by atoms with E-state index in [0.29, 0.717) is 12.3 Å². The molecular weight excluding hydrogens is 296 g/mol. The summed E-state index contributed by atoms with van der Waals surface area (Å²) in [6.07, 6.45) is 0. The van der Waals surface area contributed by atoms with Crippen LogP contribution in [0.15, 0.2) is 36.4 Å². The highest BCUT2D eigenvalue weighted by Crippen LogP contribution is 2.39. The highest BCUT2D eigenvalue weighted by molar-refractivity contribution is 5.53. The lowest BCUT2D eigenvalue weighted by Crippen LogP contribution is -2.18. The van der Waals surface area contributed by atoms with E-state index >= 15 is 0 Å². The lowest BCUT2D eigenvalue weighted by atomic mass is 9.78. The van der Waals surface area contributed by atoms with E-state index in [4.69, 9.17) is 5.73 Å². The van der Waals surface area contributed by atoms with Gasteiger partial charge in [0.05, 0.1) is 0 Å². The number of phenolic OH excluding ortho intramolecular Hbond substituents is 1. The first kappa shape index (κ1) is 18.2. The lowest BCUT2D eigenvalue weighted by Gasteiger charge is -2.28. The van der Waals surface area contributed by atoms with E-state index in [9.17, 15) is 5.11 Å². The van der Waals surface area contributed by atoms with Crippen LogP contribution in [0.25, 0.3) is 0 Å². The van der Waals surface area contributed by atoms with Gasteiger partial charge in [-0.15, -0.1) is 0 Å². The zero-order chi connectivity index (χ0) is 18.1. The Morgan fingerprint density at radius 3 is 1.75 bits per heavy atom. The van der Waals surface area contributed by atoms with Gasteiger partial charge in [-0.3, -0.25) is 0 Å². The van der Waals surface area contributed by atoms with Gasteiger partial charge < -0.3 is 16.2 Å². The molecule has 0 saturated heterocycles. The molecule has 0 aliphatic rings. The summed E-state index contributed by atoms with van der Waals surface area (Å²) in [5, 5.41) is 14.2. The number of benzene rings is 2. The third kappa shape index (κ3) is 4.22. The molecule has 0 radical (unpaired) electrons. The summed E-state index contributed by atoms with van der Waals surface area (Å²) >= 11 is 0. The Kier molecular flexibility index (Phi) is 4.84. The number of nitrogen functional groups attached to an aromatic ring is 1. The van der Waals surface area contributed by atoms with Crippen LogP contribution in [0.3, 0.4) is 0 Å². The van der Waals surface area contributed by atoms with Crippen molar-refractivity contribution in [3.63, 3.8) is 0 Å². The van der Waals surface area contributed by atoms with Crippen molar-refractivity contribution in [2.75, 3.05) is 11.1 Å². The maximum atomic E-state index is 10.8. The van der Waals surface area contributed by atoms with E-state index in [2.05, 4.69) is 59.0 Å². The first-order chi connectivity index (χ1) is 11.0. The Bertz CT molecular complexity index is 669. The first-order valence-corrected chi connectivity index (χ1v) is 8.45. The summed E-state index contributed by atoms with van der Waals surface area (Å²) in [5.74, 6) is 0.422. The summed E-state index contributed by atoms with van der Waals surface area (Å²) in [4.78, 5) is 0. The Labute approximate surface area is 145 Å². The molecule has 2 rings (SSSR count). The van der Waals surface area contributed by atoms with E-state index in [1.54, 1.807) is 0 Å². The molecule has 2 aromatic rings. The SMILES string of the molecule is CC(C)(C)c1cc(CNc2ccc(N)cc2)cc(C(C)(C)C)c1O. The minimum Gasteiger partial charge on any atom is -0.507 e. The zero-order valence-corrected chi connectivity index (χ0v) is 15.7. The standard InChI is InChI=1S/C21H30N2O/c1-20(2,3)17-11-14(12-18(19(17)24)21(4,5)6)13-23-16-9-7-15(22)8-10-16/h7-12,23-24H,13,22H2,1-6H3. The minimum atomic E-state index is -0.110. The summed E-state index contributed by atoms with van der Waals surface area (Å²) < 4.78 is 0. The van der Waals surface area contributed by atoms with Gasteiger partial charge in [-0.1, -0.05) is 41.5 Å². The van der Waals surface area contributed by atoms with Gasteiger partial charge in [0.15, 0.2) is 0 Å². The molecule has 3 nitrogen and oxygen atoms in total. The van der Waals surface area contributed by atoms with Crippen molar-refractivity contribution in [2.45, 2.75) is 58.9 Å². The topological polar surface area (TPSA) is 58.3 Å². The molecule has 0 unspecified atom stereocenters. The normalized spacial score (nSPS) is 12.2. The van der Waals surface area contributed by atoms with Gasteiger partial charge in [-0.25, -0.2) is 0 Å². The lowest BCUT2D eigenvalue weighted by molar-refractivity contribution is 0.423. The summed E-state index contributed by atoms with van der Waals surface area (Å²) in [6, 6.07) is 11.9. The molecule has 0 aliphatic carbocycles. The average molecular weight is 326 g/mol. The van der Waals surface area contributed by atoms with E-state index in [1.165, 1.54) is 5.56 Å². The van der Waals surface area contributed by atoms with Crippen LogP contribution >= 0.6 is 0 Å². The number of hydrogen-bond acceptors (Lipinski definition) is 3. The third-order valence-electron chi connectivity index (χ3n) is 4.19. The number of aromatic hydroxyl groups is 1. The molecule has 130 valence electrons. The molecule has 4 N–H and O–H groups in total. The van der Waals surface area contributed by atoms with Crippen molar-refractivity contribution in [3.05, 3.63) is 53.1 Å². The summed E-state index contributed by atoms with van der Waals surface area (Å²) in [6.45, 7) is 13.5. The minimum absolute atomic E-state index is 0.110. The molecule has 0 spiro atoms. The van der Waals surface area contributed by atoms with E-state index in [-0.39, 0.29) is 10.8 Å². The third-order valence-corrected chi connectivity index (χ3v) is 4.19. The van der Waals surface area contributed by atoms with Gasteiger partial charge >= 0.3 is 0 Å². The molecule has 24 heavy (non-hydrogen) atoms. The van der Waals surface area contributed by atoms with Crippen LogP contribution in [-0.2, 0) is 17.4 Å². The molecule has 0 heterocycles. The van der Waals surface area contributed by atoms with E-state index in [1.807, 2.05) is 24.3 Å². The van der Waals surface area contributed by atoms with Gasteiger partial charge in [0.25, 0.3) is 0 Å². The maximum Gasteiger partial charge on any atom is 0.123 e. The fourth-order valence-corrected chi connectivity index (χ4v) is 2.74. The molecule has 0 atom stereocenters. The van der Waals surface area contributed by atoms with E-state index in [0.717, 1.165) is 22.5 Å². The summed E-state index contributed by atoms with van der Waals surface area (Å²) in [5.41, 5.74) is 10.5. The van der Waals surface area contributed by atoms with Gasteiger partial charge in [0.1, 0.15) is 5.75 Å². The average Bonchev–Trinajstić information content (AvgIpc) is 2.45. The Morgan fingerprint density at radius 2 is 1.33 bits per heavy atom. The fraction of sp³-hybridized carbons (Fsp3) is 0.429. The highest BCUT2D eigenvalue weighted by Gasteiger charge is 2.26. The zero-order valence-electron chi connectivity index (χ0n) is 15.7. The Morgan fingerprint density at radius 1 is 0.875 bits per heavy atom. The molecular formula is C21H30N2O. The van der Waals surface area contributed by atoms with Crippen molar-refractivity contribution in [1.29, 1.82) is 0 Å². The molecule has 0 saturated carbocycles. The van der Waals surface area contributed by atoms with Crippen molar-refractivity contribution < 1.29 is 5.11 Å². The van der Waals surface area contributed by atoms with Crippen LogP contribution in [-0.4, -0.2) is 5.11 Å². The second-order valence-corrected chi connectivity index (χ2v) is 8.52. The number of phenols is 1. The largest absolute Gasteiger partial charge is 0.507 e. The monoisotopic (exact) mass is 326 g/mol. The molecule has 2 aromatic carbocycles. The fourth-order valence-electron chi connectivity index (χ4n) is 2.74. The smallest absolute Gasteiger partial charge is 0.123 e. The molecule has 0 fully saturated rings. The van der Waals surface area contributed by atoms with Gasteiger partial charge in [-0.05, 0) is 63.9 Å². The molecule has 3 heteroatoms. The number of nitrogens with two attached hydrogens (primary N) is 1.